The molecule has 1 aromatic heterocycles. The van der Waals surface area contributed by atoms with Gasteiger partial charge in [0.15, 0.2) is 9.84 Å². The van der Waals surface area contributed by atoms with E-state index in [-0.39, 0.29) is 45.4 Å². The molecule has 1 aliphatic rings. The second kappa shape index (κ2) is 13.7. The third-order valence-corrected chi connectivity index (χ3v) is 8.25. The van der Waals surface area contributed by atoms with Crippen LogP contribution in [0.1, 0.15) is 54.3 Å². The molecule has 2 N–H and O–H groups in total. The van der Waals surface area contributed by atoms with Gasteiger partial charge < -0.3 is 15.4 Å². The largest absolute Gasteiger partial charge is 0.489 e. The highest BCUT2D eigenvalue weighted by molar-refractivity contribution is 14.1. The number of nitrogens with one attached hydrogen (secondary N) is 2. The molecule has 3 aromatic rings. The van der Waals surface area contributed by atoms with Crippen LogP contribution in [0, 0.1) is 3.57 Å². The van der Waals surface area contributed by atoms with E-state index in [0.717, 1.165) is 9.83 Å². The second-order valence-electron chi connectivity index (χ2n) is 11.0. The van der Waals surface area contributed by atoms with Crippen molar-refractivity contribution in [2.45, 2.75) is 50.2 Å². The summed E-state index contributed by atoms with van der Waals surface area (Å²) in [5.41, 5.74) is 0.113. The Labute approximate surface area is 274 Å². The van der Waals surface area contributed by atoms with Gasteiger partial charge in [0.1, 0.15) is 29.3 Å². The molecule has 2 aromatic carbocycles. The normalized spacial score (nSPS) is 15.4. The summed E-state index contributed by atoms with van der Waals surface area (Å²) in [4.78, 5) is 48.4. The molecular weight excluding hydrogens is 723 g/mol. The summed E-state index contributed by atoms with van der Waals surface area (Å²) < 4.78 is 31.6. The maximum Gasteiger partial charge on any atom is 0.259 e. The highest BCUT2D eigenvalue weighted by atomic mass is 127. The number of rotatable bonds is 8. The molecule has 1 aliphatic heterocycles. The molecule has 0 spiro atoms. The minimum atomic E-state index is -3.64. The van der Waals surface area contributed by atoms with Gasteiger partial charge in [0.2, 0.25) is 0 Å². The number of hydrogen-bond acceptors (Lipinski definition) is 9. The van der Waals surface area contributed by atoms with Gasteiger partial charge in [0, 0.05) is 35.4 Å². The summed E-state index contributed by atoms with van der Waals surface area (Å²) in [7, 11) is -3.64. The van der Waals surface area contributed by atoms with Gasteiger partial charge in [-0.05, 0) is 91.9 Å². The van der Waals surface area contributed by atoms with Crippen molar-refractivity contribution in [2.75, 3.05) is 23.4 Å². The Morgan fingerprint density at radius 3 is 2.41 bits per heavy atom. The molecular formula is C30H30ClIN4O7S. The summed E-state index contributed by atoms with van der Waals surface area (Å²) in [6.07, 6.45) is 2.42. The van der Waals surface area contributed by atoms with Crippen LogP contribution in [0.25, 0.3) is 0 Å². The number of nitrogens with zero attached hydrogens (tertiary/aromatic N) is 2. The molecule has 0 bridgehead atoms. The topological polar surface area (TPSA) is 144 Å². The van der Waals surface area contributed by atoms with Crippen LogP contribution in [0.4, 0.5) is 11.5 Å². The number of carbonyl (C=O) groups is 2. The van der Waals surface area contributed by atoms with Crippen LogP contribution in [-0.2, 0) is 19.5 Å². The standard InChI is InChI=1S/C30H30ClIN4O7S/c1-30(2,3)43-36-12-11-21(14-20(36)17-37)42-26-15-22(44(4,40)41)7-9-24(26)29(39)34-25-13-19(32)6-8-23(25)28(38)35-27-10-5-18(31)16-33-27/h5-10,13,15-16,21H,11-12,14H2,1-4H3,(H,34,39)(H,33,35,38). The van der Waals surface area contributed by atoms with Gasteiger partial charge in [-0.15, -0.1) is 0 Å². The third kappa shape index (κ3) is 8.79. The summed E-state index contributed by atoms with van der Waals surface area (Å²) in [5.74, 6) is 1.02. The van der Waals surface area contributed by atoms with E-state index in [1.807, 2.05) is 26.7 Å². The third-order valence-electron chi connectivity index (χ3n) is 6.24. The van der Waals surface area contributed by atoms with Crippen molar-refractivity contribution in [3.05, 3.63) is 80.1 Å². The first-order chi connectivity index (χ1) is 20.6. The Bertz CT molecular complexity index is 1740. The average Bonchev–Trinajstić information content (AvgIpc) is 2.93. The maximum atomic E-state index is 13.7. The van der Waals surface area contributed by atoms with Gasteiger partial charge in [0.05, 0.1) is 32.3 Å². The van der Waals surface area contributed by atoms with E-state index in [1.54, 1.807) is 30.3 Å². The molecule has 1 fully saturated rings. The molecule has 232 valence electrons. The number of sulfone groups is 1. The average molecular weight is 753 g/mol. The molecule has 11 nitrogen and oxygen atoms in total. The zero-order chi connectivity index (χ0) is 32.2. The fourth-order valence-corrected chi connectivity index (χ4v) is 5.52. The molecule has 1 unspecified atom stereocenters. The first-order valence-corrected chi connectivity index (χ1v) is 16.7. The SMILES string of the molecule is CC(C)(C)ON1CCC(Oc2cc(S(C)(=O)=O)ccc2C(=O)Nc2cc(I)ccc2C(=O)Nc2ccc(Cl)cn2)CC1=C=O. The summed E-state index contributed by atoms with van der Waals surface area (Å²) in [5, 5.41) is 7.33. The summed E-state index contributed by atoms with van der Waals surface area (Å²) in [6.45, 7) is 5.90. The van der Waals surface area contributed by atoms with Crippen LogP contribution in [0.15, 0.2) is 65.3 Å². The molecule has 44 heavy (non-hydrogen) atoms. The van der Waals surface area contributed by atoms with Crippen LogP contribution >= 0.6 is 34.2 Å². The van der Waals surface area contributed by atoms with E-state index in [4.69, 9.17) is 21.2 Å². The van der Waals surface area contributed by atoms with E-state index in [9.17, 15) is 22.8 Å². The van der Waals surface area contributed by atoms with Crippen molar-refractivity contribution in [1.82, 2.24) is 10.0 Å². The van der Waals surface area contributed by atoms with Crippen LogP contribution < -0.4 is 15.4 Å². The minimum Gasteiger partial charge on any atom is -0.489 e. The first kappa shape index (κ1) is 33.4. The second-order valence-corrected chi connectivity index (χ2v) is 14.7. The summed E-state index contributed by atoms with van der Waals surface area (Å²) >= 11 is 7.94. The quantitative estimate of drug-likeness (QED) is 0.224. The predicted molar refractivity (Wildman–Crippen MR) is 174 cm³/mol. The van der Waals surface area contributed by atoms with Crippen LogP contribution in [0.2, 0.25) is 5.02 Å². The zero-order valence-electron chi connectivity index (χ0n) is 24.3. The van der Waals surface area contributed by atoms with E-state index < -0.39 is 33.4 Å². The molecule has 14 heteroatoms. The van der Waals surface area contributed by atoms with Crippen molar-refractivity contribution in [3.8, 4) is 5.75 Å². The number of hydroxylamine groups is 2. The number of amides is 2. The van der Waals surface area contributed by atoms with Crippen LogP contribution in [0.3, 0.4) is 0 Å². The first-order valence-electron chi connectivity index (χ1n) is 13.4. The lowest BCUT2D eigenvalue weighted by molar-refractivity contribution is -0.217. The molecule has 4 rings (SSSR count). The van der Waals surface area contributed by atoms with Gasteiger partial charge >= 0.3 is 0 Å². The fourth-order valence-electron chi connectivity index (χ4n) is 4.28. The van der Waals surface area contributed by atoms with E-state index in [1.165, 1.54) is 29.5 Å². The number of benzene rings is 2. The van der Waals surface area contributed by atoms with E-state index in [2.05, 4.69) is 38.2 Å². The Morgan fingerprint density at radius 2 is 1.77 bits per heavy atom. The zero-order valence-corrected chi connectivity index (χ0v) is 28.0. The monoisotopic (exact) mass is 752 g/mol. The molecule has 2 heterocycles. The smallest absolute Gasteiger partial charge is 0.259 e. The number of halogens is 2. The number of carbonyl (C=O) groups excluding carboxylic acids is 3. The summed E-state index contributed by atoms with van der Waals surface area (Å²) in [6, 6.07) is 12.0. The molecule has 1 saturated heterocycles. The Balaban J connectivity index is 1.61. The Kier molecular flexibility index (Phi) is 10.4. The van der Waals surface area contributed by atoms with E-state index in [0.29, 0.717) is 18.0 Å². The lowest BCUT2D eigenvalue weighted by atomic mass is 10.1. The van der Waals surface area contributed by atoms with Crippen molar-refractivity contribution in [2.24, 2.45) is 0 Å². The van der Waals surface area contributed by atoms with Gasteiger partial charge in [-0.2, -0.15) is 0 Å². The Hall–Kier alpha value is -3.49. The Morgan fingerprint density at radius 1 is 1.07 bits per heavy atom. The number of aromatic nitrogens is 1. The fraction of sp³-hybridized carbons (Fsp3) is 0.300. The van der Waals surface area contributed by atoms with Gasteiger partial charge in [-0.1, -0.05) is 11.6 Å². The van der Waals surface area contributed by atoms with Crippen molar-refractivity contribution >= 4 is 73.3 Å². The highest BCUT2D eigenvalue weighted by Gasteiger charge is 2.30. The molecule has 0 saturated carbocycles. The van der Waals surface area contributed by atoms with Gasteiger partial charge in [-0.25, -0.2) is 23.3 Å². The van der Waals surface area contributed by atoms with Crippen LogP contribution in [-0.4, -0.2) is 60.7 Å². The molecule has 2 amide bonds. The maximum absolute atomic E-state index is 13.7. The van der Waals surface area contributed by atoms with Gasteiger partial charge in [0.25, 0.3) is 11.8 Å². The molecule has 1 atom stereocenters. The molecule has 0 aliphatic carbocycles. The van der Waals surface area contributed by atoms with E-state index >= 15 is 0 Å². The number of pyridine rings is 1. The highest BCUT2D eigenvalue weighted by Crippen LogP contribution is 2.31. The number of anilines is 2. The van der Waals surface area contributed by atoms with Crippen molar-refractivity contribution < 1.29 is 32.4 Å². The van der Waals surface area contributed by atoms with Gasteiger partial charge in [-0.3, -0.25) is 14.4 Å². The number of hydrogen-bond donors (Lipinski definition) is 2. The predicted octanol–water partition coefficient (Wildman–Crippen LogP) is 5.54. The lowest BCUT2D eigenvalue weighted by Gasteiger charge is -2.37. The minimum absolute atomic E-state index is 0.00728. The number of ether oxygens (including phenoxy) is 1. The van der Waals surface area contributed by atoms with Crippen LogP contribution in [0.5, 0.6) is 5.75 Å². The van der Waals surface area contributed by atoms with Crippen molar-refractivity contribution in [1.29, 1.82) is 0 Å². The molecule has 0 radical (unpaired) electrons. The van der Waals surface area contributed by atoms with Crippen molar-refractivity contribution in [3.63, 3.8) is 0 Å². The lowest BCUT2D eigenvalue weighted by Crippen LogP contribution is -2.41. The number of piperidine rings is 1.